The summed E-state index contributed by atoms with van der Waals surface area (Å²) in [5, 5.41) is 3.29. The van der Waals surface area contributed by atoms with E-state index in [0.29, 0.717) is 19.2 Å². The first kappa shape index (κ1) is 14.2. The first-order valence-electron chi connectivity index (χ1n) is 6.96. The Morgan fingerprint density at radius 2 is 1.89 bits per heavy atom. The number of nitrogens with zero attached hydrogens (tertiary/aromatic N) is 1. The zero-order valence-corrected chi connectivity index (χ0v) is 11.9. The van der Waals surface area contributed by atoms with Gasteiger partial charge in [0.05, 0.1) is 18.0 Å². The van der Waals surface area contributed by atoms with Crippen LogP contribution in [0.3, 0.4) is 0 Å². The monoisotopic (exact) mass is 276 g/mol. The quantitative estimate of drug-likeness (QED) is 0.770. The molecule has 0 aromatic heterocycles. The first-order valence-corrected chi connectivity index (χ1v) is 8.56. The Morgan fingerprint density at radius 1 is 1.22 bits per heavy atom. The molecule has 1 N–H and O–H groups in total. The van der Waals surface area contributed by atoms with Gasteiger partial charge in [-0.05, 0) is 32.4 Å². The van der Waals surface area contributed by atoms with Gasteiger partial charge < -0.3 is 10.1 Å². The minimum atomic E-state index is -3.02. The number of hydrogen-bond acceptors (Lipinski definition) is 4. The predicted octanol–water partition coefficient (Wildman–Crippen LogP) is 0.569. The molecule has 0 bridgehead atoms. The van der Waals surface area contributed by atoms with Gasteiger partial charge in [0.25, 0.3) is 0 Å². The van der Waals surface area contributed by atoms with Crippen LogP contribution in [0.2, 0.25) is 0 Å². The molecule has 0 aromatic carbocycles. The second kappa shape index (κ2) is 6.32. The Morgan fingerprint density at radius 3 is 2.50 bits per heavy atom. The van der Waals surface area contributed by atoms with E-state index in [1.54, 1.807) is 4.31 Å². The van der Waals surface area contributed by atoms with Gasteiger partial charge >= 0.3 is 0 Å². The maximum absolute atomic E-state index is 11.9. The molecule has 18 heavy (non-hydrogen) atoms. The molecular formula is C12H24N2O3S. The Balaban J connectivity index is 1.69. The predicted molar refractivity (Wildman–Crippen MR) is 71.0 cm³/mol. The van der Waals surface area contributed by atoms with E-state index in [-0.39, 0.29) is 11.9 Å². The highest BCUT2D eigenvalue weighted by Crippen LogP contribution is 2.21. The van der Waals surface area contributed by atoms with Gasteiger partial charge in [0, 0.05) is 13.1 Å². The third-order valence-corrected chi connectivity index (χ3v) is 5.52. The maximum atomic E-state index is 11.9. The molecule has 0 radical (unpaired) electrons. The number of nitrogens with one attached hydrogen (secondary N) is 1. The Bertz CT molecular complexity index is 346. The second-order valence-corrected chi connectivity index (χ2v) is 7.28. The van der Waals surface area contributed by atoms with Gasteiger partial charge in [-0.3, -0.25) is 0 Å². The summed E-state index contributed by atoms with van der Waals surface area (Å²) in [5.74, 6) is 0.281. The molecule has 2 rings (SSSR count). The Labute approximate surface area is 110 Å². The van der Waals surface area contributed by atoms with Crippen molar-refractivity contribution in [3.63, 3.8) is 0 Å². The van der Waals surface area contributed by atoms with E-state index in [1.807, 2.05) is 6.92 Å². The average molecular weight is 276 g/mol. The number of piperidine rings is 1. The lowest BCUT2D eigenvalue weighted by Gasteiger charge is -2.40. The summed E-state index contributed by atoms with van der Waals surface area (Å²) < 4.78 is 31.2. The second-order valence-electron chi connectivity index (χ2n) is 5.19. The summed E-state index contributed by atoms with van der Waals surface area (Å²) in [6.45, 7) is 5.13. The smallest absolute Gasteiger partial charge is 0.214 e. The highest BCUT2D eigenvalue weighted by Gasteiger charge is 2.37. The molecule has 2 heterocycles. The van der Waals surface area contributed by atoms with E-state index in [9.17, 15) is 8.42 Å². The number of unbranched alkanes of at least 4 members (excludes halogenated alkanes) is 1. The van der Waals surface area contributed by atoms with Crippen LogP contribution >= 0.6 is 0 Å². The van der Waals surface area contributed by atoms with Crippen LogP contribution in [0.1, 0.15) is 32.6 Å². The van der Waals surface area contributed by atoms with E-state index < -0.39 is 10.0 Å². The van der Waals surface area contributed by atoms with Crippen molar-refractivity contribution in [1.29, 1.82) is 0 Å². The topological polar surface area (TPSA) is 58.6 Å². The molecule has 2 saturated heterocycles. The summed E-state index contributed by atoms with van der Waals surface area (Å²) in [6, 6.07) is 0. The Hall–Kier alpha value is -0.170. The highest BCUT2D eigenvalue weighted by atomic mass is 32.2. The van der Waals surface area contributed by atoms with Gasteiger partial charge in [-0.2, -0.15) is 4.31 Å². The van der Waals surface area contributed by atoms with E-state index in [2.05, 4.69) is 5.32 Å². The van der Waals surface area contributed by atoms with Crippen LogP contribution in [0.5, 0.6) is 0 Å². The fourth-order valence-corrected chi connectivity index (χ4v) is 4.07. The van der Waals surface area contributed by atoms with Gasteiger partial charge in [-0.15, -0.1) is 0 Å². The summed E-state index contributed by atoms with van der Waals surface area (Å²) in [4.78, 5) is 0. The lowest BCUT2D eigenvalue weighted by molar-refractivity contribution is -0.0754. The van der Waals surface area contributed by atoms with E-state index in [4.69, 9.17) is 4.74 Å². The number of sulfonamides is 1. The van der Waals surface area contributed by atoms with Crippen LogP contribution < -0.4 is 5.32 Å². The molecule has 0 unspecified atom stereocenters. The van der Waals surface area contributed by atoms with Gasteiger partial charge in [0.1, 0.15) is 0 Å². The van der Waals surface area contributed by atoms with Gasteiger partial charge in [-0.1, -0.05) is 13.3 Å². The maximum Gasteiger partial charge on any atom is 0.214 e. The summed E-state index contributed by atoms with van der Waals surface area (Å²) >= 11 is 0. The lowest BCUT2D eigenvalue weighted by Crippen LogP contribution is -2.56. The van der Waals surface area contributed by atoms with Crippen LogP contribution in [-0.2, 0) is 14.8 Å². The van der Waals surface area contributed by atoms with E-state index in [1.165, 1.54) is 0 Å². The molecule has 0 saturated carbocycles. The van der Waals surface area contributed by atoms with Crippen LogP contribution in [0.15, 0.2) is 0 Å². The zero-order valence-electron chi connectivity index (χ0n) is 11.1. The SMILES string of the molecule is CCCCS(=O)(=O)N1CC(OC2CCNCC2)C1. The van der Waals surface area contributed by atoms with Crippen molar-refractivity contribution in [3.05, 3.63) is 0 Å². The molecule has 0 spiro atoms. The van der Waals surface area contributed by atoms with Crippen molar-refractivity contribution in [2.24, 2.45) is 0 Å². The molecule has 6 heteroatoms. The van der Waals surface area contributed by atoms with Crippen LogP contribution in [-0.4, -0.2) is 56.9 Å². The van der Waals surface area contributed by atoms with Gasteiger partial charge in [0.2, 0.25) is 10.0 Å². The standard InChI is InChI=1S/C12H24N2O3S/c1-2-3-8-18(15,16)14-9-12(10-14)17-11-4-6-13-7-5-11/h11-13H,2-10H2,1H3. The fraction of sp³-hybridized carbons (Fsp3) is 1.00. The van der Waals surface area contributed by atoms with Crippen LogP contribution in [0, 0.1) is 0 Å². The Kier molecular flexibility index (Phi) is 5.00. The molecular weight excluding hydrogens is 252 g/mol. The summed E-state index contributed by atoms with van der Waals surface area (Å²) in [5.41, 5.74) is 0. The molecule has 5 nitrogen and oxygen atoms in total. The fourth-order valence-electron chi connectivity index (χ4n) is 2.37. The van der Waals surface area contributed by atoms with Gasteiger partial charge in [0.15, 0.2) is 0 Å². The van der Waals surface area contributed by atoms with Crippen LogP contribution in [0.25, 0.3) is 0 Å². The van der Waals surface area contributed by atoms with Crippen molar-refractivity contribution >= 4 is 10.0 Å². The van der Waals surface area contributed by atoms with Crippen molar-refractivity contribution in [1.82, 2.24) is 9.62 Å². The molecule has 2 fully saturated rings. The van der Waals surface area contributed by atoms with E-state index >= 15 is 0 Å². The molecule has 0 aromatic rings. The third kappa shape index (κ3) is 3.66. The molecule has 0 amide bonds. The zero-order chi connectivity index (χ0) is 13.0. The summed E-state index contributed by atoms with van der Waals surface area (Å²) in [7, 11) is -3.02. The molecule has 0 aliphatic carbocycles. The third-order valence-electron chi connectivity index (χ3n) is 3.63. The molecule has 2 aliphatic heterocycles. The van der Waals surface area contributed by atoms with Crippen molar-refractivity contribution < 1.29 is 13.2 Å². The molecule has 0 atom stereocenters. The largest absolute Gasteiger partial charge is 0.372 e. The average Bonchev–Trinajstić information content (AvgIpc) is 2.32. The number of rotatable bonds is 6. The van der Waals surface area contributed by atoms with Crippen molar-refractivity contribution in [2.45, 2.75) is 44.8 Å². The minimum Gasteiger partial charge on any atom is -0.372 e. The van der Waals surface area contributed by atoms with Crippen molar-refractivity contribution in [3.8, 4) is 0 Å². The summed E-state index contributed by atoms with van der Waals surface area (Å²) in [6.07, 6.45) is 4.18. The highest BCUT2D eigenvalue weighted by molar-refractivity contribution is 7.89. The lowest BCUT2D eigenvalue weighted by atomic mass is 10.1. The first-order chi connectivity index (χ1) is 8.62. The van der Waals surface area contributed by atoms with Gasteiger partial charge in [-0.25, -0.2) is 8.42 Å². The number of hydrogen-bond donors (Lipinski definition) is 1. The normalized spacial score (nSPS) is 24.1. The van der Waals surface area contributed by atoms with Crippen molar-refractivity contribution in [2.75, 3.05) is 31.9 Å². The van der Waals surface area contributed by atoms with Crippen LogP contribution in [0.4, 0.5) is 0 Å². The van der Waals surface area contributed by atoms with E-state index in [0.717, 1.165) is 38.8 Å². The minimum absolute atomic E-state index is 0.115. The number of ether oxygens (including phenoxy) is 1. The molecule has 106 valence electrons. The molecule has 2 aliphatic rings.